The third-order valence-electron chi connectivity index (χ3n) is 2.78. The number of halogens is 3. The molecule has 0 unspecified atom stereocenters. The summed E-state index contributed by atoms with van der Waals surface area (Å²) in [6, 6.07) is 3.03. The molecule has 0 aliphatic carbocycles. The second-order valence-electron chi connectivity index (χ2n) is 4.11. The lowest BCUT2D eigenvalue weighted by Crippen LogP contribution is -2.33. The normalized spacial score (nSPS) is 14.7. The number of benzene rings is 1. The van der Waals surface area contributed by atoms with Gasteiger partial charge >= 0.3 is 6.18 Å². The molecule has 9 heteroatoms. The zero-order chi connectivity index (χ0) is 15.1. The summed E-state index contributed by atoms with van der Waals surface area (Å²) in [6.07, 6.45) is -5.73. The van der Waals surface area contributed by atoms with Crippen LogP contribution in [0.3, 0.4) is 0 Å². The van der Waals surface area contributed by atoms with Gasteiger partial charge in [0.15, 0.2) is 0 Å². The van der Waals surface area contributed by atoms with Crippen LogP contribution in [0.4, 0.5) is 24.5 Å². The van der Waals surface area contributed by atoms with Crippen LogP contribution in [-0.2, 0) is 4.79 Å². The van der Waals surface area contributed by atoms with Crippen molar-refractivity contribution < 1.29 is 27.7 Å². The molecule has 6 nitrogen and oxygen atoms in total. The maximum absolute atomic E-state index is 12.2. The van der Waals surface area contributed by atoms with Crippen LogP contribution in [-0.4, -0.2) is 29.3 Å². The number of carbonyl (C=O) groups is 2. The van der Waals surface area contributed by atoms with Crippen molar-refractivity contribution in [3.8, 4) is 0 Å². The molecule has 1 aliphatic rings. The van der Waals surface area contributed by atoms with Crippen LogP contribution in [0.15, 0.2) is 18.2 Å². The molecular weight excluding hydrogens is 281 g/mol. The molecule has 0 aromatic heterocycles. The van der Waals surface area contributed by atoms with Crippen molar-refractivity contribution >= 4 is 23.1 Å². The van der Waals surface area contributed by atoms with Crippen molar-refractivity contribution in [3.05, 3.63) is 33.9 Å². The topological polar surface area (TPSA) is 80.5 Å². The van der Waals surface area contributed by atoms with Crippen molar-refractivity contribution in [3.63, 3.8) is 0 Å². The van der Waals surface area contributed by atoms with E-state index in [1.165, 1.54) is 0 Å². The molecule has 0 N–H and O–H groups in total. The average molecular weight is 288 g/mol. The minimum absolute atomic E-state index is 0.0325. The number of nitro groups is 1. The van der Waals surface area contributed by atoms with Gasteiger partial charge in [0.1, 0.15) is 0 Å². The molecule has 1 heterocycles. The van der Waals surface area contributed by atoms with E-state index in [1.807, 2.05) is 0 Å². The van der Waals surface area contributed by atoms with Crippen LogP contribution in [0.2, 0.25) is 0 Å². The van der Waals surface area contributed by atoms with Gasteiger partial charge in [0.25, 0.3) is 17.4 Å². The maximum atomic E-state index is 12.2. The molecule has 1 amide bonds. The fourth-order valence-electron chi connectivity index (χ4n) is 1.86. The number of nitro benzene ring substituents is 1. The predicted molar refractivity (Wildman–Crippen MR) is 60.5 cm³/mol. The van der Waals surface area contributed by atoms with E-state index >= 15 is 0 Å². The van der Waals surface area contributed by atoms with Crippen molar-refractivity contribution in [2.45, 2.75) is 12.6 Å². The molecule has 1 aromatic rings. The second-order valence-corrected chi connectivity index (χ2v) is 4.11. The van der Waals surface area contributed by atoms with Crippen LogP contribution in [0, 0.1) is 10.1 Å². The Morgan fingerprint density at radius 2 is 1.90 bits per heavy atom. The van der Waals surface area contributed by atoms with Crippen LogP contribution in [0.1, 0.15) is 16.8 Å². The Hall–Kier alpha value is -2.45. The van der Waals surface area contributed by atoms with Gasteiger partial charge in [-0.2, -0.15) is 13.2 Å². The highest BCUT2D eigenvalue weighted by Crippen LogP contribution is 2.33. The van der Waals surface area contributed by atoms with E-state index in [0.29, 0.717) is 4.90 Å². The summed E-state index contributed by atoms with van der Waals surface area (Å²) in [5.41, 5.74) is -0.677. The van der Waals surface area contributed by atoms with Crippen molar-refractivity contribution in [1.29, 1.82) is 0 Å². The van der Waals surface area contributed by atoms with Gasteiger partial charge in [0.2, 0.25) is 0 Å². The van der Waals surface area contributed by atoms with E-state index in [0.717, 1.165) is 18.2 Å². The minimum Gasteiger partial charge on any atom is -0.304 e. The zero-order valence-corrected chi connectivity index (χ0v) is 9.81. The van der Waals surface area contributed by atoms with E-state index < -0.39 is 41.4 Å². The summed E-state index contributed by atoms with van der Waals surface area (Å²) in [5.74, 6) is -2.14. The molecule has 1 aliphatic heterocycles. The Kier molecular flexibility index (Phi) is 3.20. The number of alkyl halides is 3. The van der Waals surface area contributed by atoms with Gasteiger partial charge in [0, 0.05) is 18.7 Å². The molecule has 0 saturated heterocycles. The Morgan fingerprint density at radius 3 is 2.45 bits per heavy atom. The number of amides is 1. The summed E-state index contributed by atoms with van der Waals surface area (Å²) < 4.78 is 36.5. The molecule has 2 rings (SSSR count). The lowest BCUT2D eigenvalue weighted by atomic mass is 10.1. The van der Waals surface area contributed by atoms with Gasteiger partial charge in [0.05, 0.1) is 22.6 Å². The van der Waals surface area contributed by atoms with Gasteiger partial charge in [-0.05, 0) is 6.07 Å². The number of fused-ring (bicyclic) bond motifs is 1. The fraction of sp³-hybridized carbons (Fsp3) is 0.273. The van der Waals surface area contributed by atoms with Crippen molar-refractivity contribution in [1.82, 2.24) is 0 Å². The Bertz CT molecular complexity index is 612. The molecule has 106 valence electrons. The molecule has 0 atom stereocenters. The standard InChI is InChI=1S/C11H7F3N2O4/c12-11(13,14)3-4-15-8-2-1-6(16(19)20)5-7(8)9(17)10(15)18/h1-2,5H,3-4H2. The van der Waals surface area contributed by atoms with Gasteiger partial charge < -0.3 is 4.90 Å². The number of anilines is 1. The number of Topliss-reactive ketones (excluding diaryl/α,β-unsaturated/α-hetero) is 1. The van der Waals surface area contributed by atoms with Gasteiger partial charge in [-0.1, -0.05) is 0 Å². The van der Waals surface area contributed by atoms with Crippen molar-refractivity contribution in [2.75, 3.05) is 11.4 Å². The first-order chi connectivity index (χ1) is 9.20. The number of rotatable bonds is 3. The summed E-state index contributed by atoms with van der Waals surface area (Å²) in [5, 5.41) is 10.6. The molecular formula is C11H7F3N2O4. The van der Waals surface area contributed by atoms with Crippen LogP contribution >= 0.6 is 0 Å². The lowest BCUT2D eigenvalue weighted by Gasteiger charge is -2.17. The Morgan fingerprint density at radius 1 is 1.25 bits per heavy atom. The van der Waals surface area contributed by atoms with E-state index in [2.05, 4.69) is 0 Å². The number of hydrogen-bond acceptors (Lipinski definition) is 4. The summed E-state index contributed by atoms with van der Waals surface area (Å²) >= 11 is 0. The molecule has 0 radical (unpaired) electrons. The smallest absolute Gasteiger partial charge is 0.304 e. The second kappa shape index (κ2) is 4.58. The van der Waals surface area contributed by atoms with Crippen LogP contribution in [0.5, 0.6) is 0 Å². The number of non-ortho nitro benzene ring substituents is 1. The fourth-order valence-corrected chi connectivity index (χ4v) is 1.86. The third kappa shape index (κ3) is 2.46. The predicted octanol–water partition coefficient (Wildman–Crippen LogP) is 2.08. The largest absolute Gasteiger partial charge is 0.390 e. The molecule has 1 aromatic carbocycles. The first-order valence-corrected chi connectivity index (χ1v) is 5.42. The first kappa shape index (κ1) is 14.0. The number of ketones is 1. The van der Waals surface area contributed by atoms with Crippen LogP contribution < -0.4 is 4.90 Å². The summed E-state index contributed by atoms with van der Waals surface area (Å²) in [7, 11) is 0. The maximum Gasteiger partial charge on any atom is 0.390 e. The minimum atomic E-state index is -4.47. The quantitative estimate of drug-likeness (QED) is 0.484. The van der Waals surface area contributed by atoms with Crippen molar-refractivity contribution in [2.24, 2.45) is 0 Å². The molecule has 0 fully saturated rings. The molecule has 20 heavy (non-hydrogen) atoms. The van der Waals surface area contributed by atoms with Gasteiger partial charge in [-0.3, -0.25) is 19.7 Å². The Labute approximate surface area is 109 Å². The third-order valence-corrected chi connectivity index (χ3v) is 2.78. The zero-order valence-electron chi connectivity index (χ0n) is 9.81. The SMILES string of the molecule is O=C1C(=O)N(CCC(F)(F)F)c2ccc([N+](=O)[O-])cc21. The van der Waals surface area contributed by atoms with Crippen LogP contribution in [0.25, 0.3) is 0 Å². The lowest BCUT2D eigenvalue weighted by molar-refractivity contribution is -0.384. The highest BCUT2D eigenvalue weighted by atomic mass is 19.4. The summed E-state index contributed by atoms with van der Waals surface area (Å²) in [6.45, 7) is -0.696. The number of hydrogen-bond donors (Lipinski definition) is 0. The number of nitrogens with zero attached hydrogens (tertiary/aromatic N) is 2. The highest BCUT2D eigenvalue weighted by molar-refractivity contribution is 6.52. The highest BCUT2D eigenvalue weighted by Gasteiger charge is 2.39. The monoisotopic (exact) mass is 288 g/mol. The molecule has 0 bridgehead atoms. The molecule has 0 saturated carbocycles. The first-order valence-electron chi connectivity index (χ1n) is 5.42. The average Bonchev–Trinajstić information content (AvgIpc) is 2.58. The Balaban J connectivity index is 2.34. The van der Waals surface area contributed by atoms with Gasteiger partial charge in [-0.15, -0.1) is 0 Å². The number of carbonyl (C=O) groups excluding carboxylic acids is 2. The molecule has 0 spiro atoms. The van der Waals surface area contributed by atoms with E-state index in [1.54, 1.807) is 0 Å². The van der Waals surface area contributed by atoms with E-state index in [-0.39, 0.29) is 11.3 Å². The van der Waals surface area contributed by atoms with E-state index in [9.17, 15) is 32.9 Å². The van der Waals surface area contributed by atoms with Gasteiger partial charge in [-0.25, -0.2) is 0 Å². The summed E-state index contributed by atoms with van der Waals surface area (Å²) in [4.78, 5) is 33.7. The van der Waals surface area contributed by atoms with E-state index in [4.69, 9.17) is 0 Å².